The van der Waals surface area contributed by atoms with E-state index in [4.69, 9.17) is 0 Å². The van der Waals surface area contributed by atoms with Crippen LogP contribution in [0.2, 0.25) is 0 Å². The van der Waals surface area contributed by atoms with Gasteiger partial charge in [0.2, 0.25) is 5.91 Å². The fourth-order valence-corrected chi connectivity index (χ4v) is 2.43. The quantitative estimate of drug-likeness (QED) is 0.744. The average molecular weight is 245 g/mol. The molecule has 0 aromatic heterocycles. The minimum Gasteiger partial charge on any atom is -0.384 e. The lowest BCUT2D eigenvalue weighted by atomic mass is 10.1. The number of hydrogen-bond donors (Lipinski definition) is 2. The van der Waals surface area contributed by atoms with Crippen LogP contribution in [-0.2, 0) is 11.2 Å². The smallest absolute Gasteiger partial charge is 0.254 e. The van der Waals surface area contributed by atoms with Crippen LogP contribution < -0.4 is 10.6 Å². The van der Waals surface area contributed by atoms with Crippen molar-refractivity contribution < 1.29 is 9.59 Å². The molecule has 2 aliphatic rings. The molecule has 1 fully saturated rings. The number of carbonyl (C=O) groups is 2. The number of rotatable bonds is 1. The van der Waals surface area contributed by atoms with Crippen LogP contribution in [0.4, 0.5) is 5.69 Å². The minimum absolute atomic E-state index is 0.0560. The summed E-state index contributed by atoms with van der Waals surface area (Å²) in [6.45, 7) is 2.21. The number of anilines is 1. The van der Waals surface area contributed by atoms with Gasteiger partial charge in [0.15, 0.2) is 0 Å². The summed E-state index contributed by atoms with van der Waals surface area (Å²) >= 11 is 0. The molecule has 5 nitrogen and oxygen atoms in total. The van der Waals surface area contributed by atoms with Gasteiger partial charge in [-0.3, -0.25) is 9.59 Å². The predicted molar refractivity (Wildman–Crippen MR) is 67.5 cm³/mol. The van der Waals surface area contributed by atoms with Crippen molar-refractivity contribution in [3.05, 3.63) is 29.3 Å². The lowest BCUT2D eigenvalue weighted by Crippen LogP contribution is -2.49. The van der Waals surface area contributed by atoms with E-state index >= 15 is 0 Å². The van der Waals surface area contributed by atoms with Gasteiger partial charge in [0.25, 0.3) is 5.91 Å². The SMILES string of the molecule is O=C1CN(C(=O)c2ccc3c(c2)CCN3)CCN1. The standard InChI is InChI=1S/C13H15N3O2/c17-12-8-16(6-5-15-12)13(18)10-1-2-11-9(7-10)3-4-14-11/h1-2,7,14H,3-6,8H2,(H,15,17). The molecule has 3 rings (SSSR count). The average Bonchev–Trinajstić information content (AvgIpc) is 2.85. The van der Waals surface area contributed by atoms with Gasteiger partial charge < -0.3 is 15.5 Å². The molecule has 0 saturated carbocycles. The van der Waals surface area contributed by atoms with Crippen molar-refractivity contribution >= 4 is 17.5 Å². The third-order valence-corrected chi connectivity index (χ3v) is 3.39. The second kappa shape index (κ2) is 4.33. The Morgan fingerprint density at radius 1 is 1.22 bits per heavy atom. The molecule has 0 aliphatic carbocycles. The van der Waals surface area contributed by atoms with Gasteiger partial charge in [-0.15, -0.1) is 0 Å². The van der Waals surface area contributed by atoms with Gasteiger partial charge in [-0.2, -0.15) is 0 Å². The molecule has 0 atom stereocenters. The summed E-state index contributed by atoms with van der Waals surface area (Å²) in [6.07, 6.45) is 0.955. The summed E-state index contributed by atoms with van der Waals surface area (Å²) in [7, 11) is 0. The largest absolute Gasteiger partial charge is 0.384 e. The van der Waals surface area contributed by atoms with Gasteiger partial charge in [0.1, 0.15) is 0 Å². The maximum Gasteiger partial charge on any atom is 0.254 e. The zero-order valence-electron chi connectivity index (χ0n) is 10.0. The zero-order valence-corrected chi connectivity index (χ0v) is 10.0. The van der Waals surface area contributed by atoms with Gasteiger partial charge in [0, 0.05) is 30.9 Å². The molecule has 0 spiro atoms. The summed E-state index contributed by atoms with van der Waals surface area (Å²) < 4.78 is 0. The molecule has 5 heteroatoms. The third kappa shape index (κ3) is 1.92. The Morgan fingerprint density at radius 3 is 2.94 bits per heavy atom. The fourth-order valence-electron chi connectivity index (χ4n) is 2.43. The van der Waals surface area contributed by atoms with Gasteiger partial charge >= 0.3 is 0 Å². The Kier molecular flexibility index (Phi) is 2.66. The number of piperazine rings is 1. The molecule has 1 aromatic rings. The Labute approximate surface area is 105 Å². The normalized spacial score (nSPS) is 18.0. The number of fused-ring (bicyclic) bond motifs is 1. The molecule has 0 bridgehead atoms. The van der Waals surface area contributed by atoms with Crippen LogP contribution in [0.1, 0.15) is 15.9 Å². The van der Waals surface area contributed by atoms with Crippen molar-refractivity contribution in [3.63, 3.8) is 0 Å². The molecular formula is C13H15N3O2. The van der Waals surface area contributed by atoms with Crippen molar-refractivity contribution in [3.8, 4) is 0 Å². The maximum atomic E-state index is 12.3. The van der Waals surface area contributed by atoms with Crippen LogP contribution in [-0.4, -0.2) is 42.9 Å². The first kappa shape index (κ1) is 11.1. The van der Waals surface area contributed by atoms with Crippen molar-refractivity contribution in [2.24, 2.45) is 0 Å². The topological polar surface area (TPSA) is 61.4 Å². The summed E-state index contributed by atoms with van der Waals surface area (Å²) in [5.74, 6) is -0.142. The Balaban J connectivity index is 1.81. The van der Waals surface area contributed by atoms with E-state index in [1.165, 1.54) is 5.56 Å². The summed E-state index contributed by atoms with van der Waals surface area (Å²) in [5, 5.41) is 5.98. The van der Waals surface area contributed by atoms with Gasteiger partial charge in [-0.1, -0.05) is 0 Å². The highest BCUT2D eigenvalue weighted by molar-refractivity contribution is 5.97. The van der Waals surface area contributed by atoms with E-state index < -0.39 is 0 Å². The van der Waals surface area contributed by atoms with E-state index in [0.29, 0.717) is 18.7 Å². The highest BCUT2D eigenvalue weighted by Crippen LogP contribution is 2.23. The van der Waals surface area contributed by atoms with E-state index in [0.717, 1.165) is 18.7 Å². The number of carbonyl (C=O) groups excluding carboxylic acids is 2. The molecule has 2 aliphatic heterocycles. The van der Waals surface area contributed by atoms with E-state index in [-0.39, 0.29) is 18.4 Å². The van der Waals surface area contributed by atoms with Crippen molar-refractivity contribution in [1.82, 2.24) is 10.2 Å². The molecule has 0 radical (unpaired) electrons. The van der Waals surface area contributed by atoms with Crippen LogP contribution in [0.15, 0.2) is 18.2 Å². The van der Waals surface area contributed by atoms with E-state index in [1.54, 1.807) is 4.90 Å². The van der Waals surface area contributed by atoms with Crippen molar-refractivity contribution in [2.45, 2.75) is 6.42 Å². The molecule has 94 valence electrons. The second-order valence-corrected chi connectivity index (χ2v) is 4.63. The zero-order chi connectivity index (χ0) is 12.5. The number of nitrogens with zero attached hydrogens (tertiary/aromatic N) is 1. The molecule has 2 heterocycles. The molecule has 18 heavy (non-hydrogen) atoms. The van der Waals surface area contributed by atoms with Crippen LogP contribution in [0.3, 0.4) is 0 Å². The molecule has 1 saturated heterocycles. The lowest BCUT2D eigenvalue weighted by molar-refractivity contribution is -0.123. The number of benzene rings is 1. The molecule has 1 aromatic carbocycles. The monoisotopic (exact) mass is 245 g/mol. The first-order valence-corrected chi connectivity index (χ1v) is 6.17. The van der Waals surface area contributed by atoms with Gasteiger partial charge in [-0.05, 0) is 30.2 Å². The lowest BCUT2D eigenvalue weighted by Gasteiger charge is -2.26. The fraction of sp³-hybridized carbons (Fsp3) is 0.385. The first-order chi connectivity index (χ1) is 8.74. The second-order valence-electron chi connectivity index (χ2n) is 4.63. The minimum atomic E-state index is -0.0857. The van der Waals surface area contributed by atoms with Crippen LogP contribution in [0, 0.1) is 0 Å². The molecule has 0 unspecified atom stereocenters. The first-order valence-electron chi connectivity index (χ1n) is 6.17. The van der Waals surface area contributed by atoms with E-state index in [1.807, 2.05) is 18.2 Å². The predicted octanol–water partition coefficient (Wildman–Crippen LogP) is 0.227. The molecular weight excluding hydrogens is 230 g/mol. The summed E-state index contributed by atoms with van der Waals surface area (Å²) in [4.78, 5) is 25.2. The third-order valence-electron chi connectivity index (χ3n) is 3.39. The molecule has 2 N–H and O–H groups in total. The number of amides is 2. The molecule has 2 amide bonds. The van der Waals surface area contributed by atoms with E-state index in [2.05, 4.69) is 10.6 Å². The highest BCUT2D eigenvalue weighted by atomic mass is 16.2. The van der Waals surface area contributed by atoms with Gasteiger partial charge in [-0.25, -0.2) is 0 Å². The number of nitrogens with one attached hydrogen (secondary N) is 2. The van der Waals surface area contributed by atoms with Crippen LogP contribution >= 0.6 is 0 Å². The Morgan fingerprint density at radius 2 is 2.11 bits per heavy atom. The summed E-state index contributed by atoms with van der Waals surface area (Å²) in [5.41, 5.74) is 2.97. The van der Waals surface area contributed by atoms with Crippen molar-refractivity contribution in [1.29, 1.82) is 0 Å². The van der Waals surface area contributed by atoms with Crippen LogP contribution in [0.5, 0.6) is 0 Å². The maximum absolute atomic E-state index is 12.3. The van der Waals surface area contributed by atoms with Crippen LogP contribution in [0.25, 0.3) is 0 Å². The highest BCUT2D eigenvalue weighted by Gasteiger charge is 2.23. The summed E-state index contributed by atoms with van der Waals surface area (Å²) in [6, 6.07) is 5.70. The van der Waals surface area contributed by atoms with Crippen molar-refractivity contribution in [2.75, 3.05) is 31.5 Å². The van der Waals surface area contributed by atoms with Gasteiger partial charge in [0.05, 0.1) is 6.54 Å². The Bertz CT molecular complexity index is 513. The number of hydrogen-bond acceptors (Lipinski definition) is 3. The Hall–Kier alpha value is -2.04. The van der Waals surface area contributed by atoms with E-state index in [9.17, 15) is 9.59 Å².